The van der Waals surface area contributed by atoms with Crippen LogP contribution in [-0.2, 0) is 0 Å². The molecule has 2 aliphatic rings. The second kappa shape index (κ2) is 3.96. The molecule has 72 valence electrons. The zero-order chi connectivity index (χ0) is 9.15. The molecule has 1 heteroatoms. The monoisotopic (exact) mass is 194 g/mol. The summed E-state index contributed by atoms with van der Waals surface area (Å²) in [5.74, 6) is 0.910. The Morgan fingerprint density at radius 2 is 1.85 bits per heavy atom. The standard InChI is InChI=1S/C12H19P/c13-12(9-5-2-6-10-12)11-7-3-1-4-8-11/h2,5-6,9,11H,1,3-4,7-8,10,13H2. The van der Waals surface area contributed by atoms with E-state index in [4.69, 9.17) is 0 Å². The van der Waals surface area contributed by atoms with Crippen LogP contribution in [0.15, 0.2) is 24.3 Å². The molecule has 0 bridgehead atoms. The highest BCUT2D eigenvalue weighted by molar-refractivity contribution is 7.19. The molecule has 0 spiro atoms. The van der Waals surface area contributed by atoms with Crippen LogP contribution in [-0.4, -0.2) is 5.16 Å². The maximum Gasteiger partial charge on any atom is 0.00925 e. The molecule has 2 rings (SSSR count). The van der Waals surface area contributed by atoms with E-state index in [0.29, 0.717) is 5.16 Å². The number of rotatable bonds is 1. The van der Waals surface area contributed by atoms with Gasteiger partial charge in [0.1, 0.15) is 0 Å². The first-order valence-corrected chi connectivity index (χ1v) is 6.02. The van der Waals surface area contributed by atoms with Crippen molar-refractivity contribution in [3.05, 3.63) is 24.3 Å². The van der Waals surface area contributed by atoms with Crippen LogP contribution >= 0.6 is 9.24 Å². The number of hydrogen-bond acceptors (Lipinski definition) is 0. The molecule has 0 aromatic carbocycles. The van der Waals surface area contributed by atoms with Crippen molar-refractivity contribution in [1.82, 2.24) is 0 Å². The third-order valence-electron chi connectivity index (χ3n) is 3.49. The van der Waals surface area contributed by atoms with Gasteiger partial charge in [0.05, 0.1) is 0 Å². The minimum absolute atomic E-state index is 0.398. The quantitative estimate of drug-likeness (QED) is 0.558. The summed E-state index contributed by atoms with van der Waals surface area (Å²) in [5.41, 5.74) is 0. The normalized spacial score (nSPS) is 35.2. The Morgan fingerprint density at radius 3 is 2.46 bits per heavy atom. The van der Waals surface area contributed by atoms with Crippen LogP contribution in [0.2, 0.25) is 0 Å². The van der Waals surface area contributed by atoms with Crippen LogP contribution in [0.1, 0.15) is 38.5 Å². The average molecular weight is 194 g/mol. The van der Waals surface area contributed by atoms with Gasteiger partial charge in [0, 0.05) is 5.16 Å². The summed E-state index contributed by atoms with van der Waals surface area (Å²) in [6, 6.07) is 0. The van der Waals surface area contributed by atoms with Crippen LogP contribution in [0.4, 0.5) is 0 Å². The molecule has 2 aliphatic carbocycles. The molecule has 0 aromatic heterocycles. The van der Waals surface area contributed by atoms with Gasteiger partial charge >= 0.3 is 0 Å². The second-order valence-corrected chi connectivity index (χ2v) is 5.51. The van der Waals surface area contributed by atoms with Crippen LogP contribution in [0.5, 0.6) is 0 Å². The van der Waals surface area contributed by atoms with Gasteiger partial charge in [0.2, 0.25) is 0 Å². The molecule has 0 saturated heterocycles. The molecule has 0 nitrogen and oxygen atoms in total. The summed E-state index contributed by atoms with van der Waals surface area (Å²) >= 11 is 0. The first-order chi connectivity index (χ1) is 6.31. The summed E-state index contributed by atoms with van der Waals surface area (Å²) in [6.07, 6.45) is 17.5. The molecule has 13 heavy (non-hydrogen) atoms. The van der Waals surface area contributed by atoms with Crippen LogP contribution in [0.3, 0.4) is 0 Å². The van der Waals surface area contributed by atoms with E-state index < -0.39 is 0 Å². The smallest absolute Gasteiger partial charge is 0.00925 e. The van der Waals surface area contributed by atoms with Crippen molar-refractivity contribution < 1.29 is 0 Å². The van der Waals surface area contributed by atoms with Crippen molar-refractivity contribution in [1.29, 1.82) is 0 Å². The van der Waals surface area contributed by atoms with Gasteiger partial charge in [-0.2, -0.15) is 0 Å². The lowest BCUT2D eigenvalue weighted by Crippen LogP contribution is -2.31. The molecule has 0 radical (unpaired) electrons. The molecule has 1 saturated carbocycles. The molecule has 0 aromatic rings. The van der Waals surface area contributed by atoms with Crippen molar-refractivity contribution in [2.24, 2.45) is 5.92 Å². The minimum Gasteiger partial charge on any atom is -0.126 e. The molecular weight excluding hydrogens is 175 g/mol. The van der Waals surface area contributed by atoms with Crippen molar-refractivity contribution in [2.75, 3.05) is 0 Å². The van der Waals surface area contributed by atoms with E-state index in [0.717, 1.165) is 5.92 Å². The van der Waals surface area contributed by atoms with Crippen LogP contribution < -0.4 is 0 Å². The van der Waals surface area contributed by atoms with Gasteiger partial charge in [0.15, 0.2) is 0 Å². The van der Waals surface area contributed by atoms with E-state index in [1.54, 1.807) is 0 Å². The second-order valence-electron chi connectivity index (χ2n) is 4.44. The molecule has 0 N–H and O–H groups in total. The first-order valence-electron chi connectivity index (χ1n) is 5.44. The molecule has 0 heterocycles. The Morgan fingerprint density at radius 1 is 1.08 bits per heavy atom. The van der Waals surface area contributed by atoms with E-state index in [-0.39, 0.29) is 0 Å². The summed E-state index contributed by atoms with van der Waals surface area (Å²) in [6.45, 7) is 0. The van der Waals surface area contributed by atoms with E-state index in [1.165, 1.54) is 38.5 Å². The van der Waals surface area contributed by atoms with Gasteiger partial charge < -0.3 is 0 Å². The zero-order valence-electron chi connectivity index (χ0n) is 8.21. The third-order valence-corrected chi connectivity index (χ3v) is 4.39. The third kappa shape index (κ3) is 2.05. The minimum atomic E-state index is 0.398. The fourth-order valence-electron chi connectivity index (χ4n) is 2.60. The lowest BCUT2D eigenvalue weighted by Gasteiger charge is -2.38. The maximum atomic E-state index is 3.09. The van der Waals surface area contributed by atoms with Crippen molar-refractivity contribution in [2.45, 2.75) is 43.7 Å². The number of hydrogen-bond donors (Lipinski definition) is 0. The Bertz CT molecular complexity index is 223. The van der Waals surface area contributed by atoms with E-state index in [9.17, 15) is 0 Å². The van der Waals surface area contributed by atoms with Crippen molar-refractivity contribution in [3.63, 3.8) is 0 Å². The SMILES string of the molecule is PC1(C2CCCCC2)C=CC=CC1. The molecule has 1 fully saturated rings. The Balaban J connectivity index is 2.04. The lowest BCUT2D eigenvalue weighted by atomic mass is 9.76. The predicted octanol–water partition coefficient (Wildman–Crippen LogP) is 3.70. The summed E-state index contributed by atoms with van der Waals surface area (Å²) < 4.78 is 0. The predicted molar refractivity (Wildman–Crippen MR) is 61.9 cm³/mol. The van der Waals surface area contributed by atoms with Crippen molar-refractivity contribution in [3.8, 4) is 0 Å². The maximum absolute atomic E-state index is 3.09. The molecule has 0 amide bonds. The topological polar surface area (TPSA) is 0 Å². The van der Waals surface area contributed by atoms with Gasteiger partial charge in [-0.1, -0.05) is 43.6 Å². The fraction of sp³-hybridized carbons (Fsp3) is 0.667. The van der Waals surface area contributed by atoms with E-state index in [1.807, 2.05) is 0 Å². The molecule has 0 aliphatic heterocycles. The zero-order valence-corrected chi connectivity index (χ0v) is 9.36. The molecular formula is C12H19P. The van der Waals surface area contributed by atoms with Gasteiger partial charge in [0.25, 0.3) is 0 Å². The van der Waals surface area contributed by atoms with Crippen LogP contribution in [0, 0.1) is 5.92 Å². The van der Waals surface area contributed by atoms with Gasteiger partial charge in [-0.3, -0.25) is 0 Å². The molecule has 2 unspecified atom stereocenters. The molecule has 2 atom stereocenters. The Kier molecular flexibility index (Phi) is 2.89. The fourth-order valence-corrected chi connectivity index (χ4v) is 3.18. The Labute approximate surface area is 83.7 Å². The largest absolute Gasteiger partial charge is 0.126 e. The summed E-state index contributed by atoms with van der Waals surface area (Å²) in [4.78, 5) is 0. The van der Waals surface area contributed by atoms with Gasteiger partial charge in [-0.25, -0.2) is 0 Å². The number of allylic oxidation sites excluding steroid dienone is 4. The van der Waals surface area contributed by atoms with E-state index >= 15 is 0 Å². The van der Waals surface area contributed by atoms with Gasteiger partial charge in [-0.05, 0) is 25.2 Å². The highest BCUT2D eigenvalue weighted by Crippen LogP contribution is 2.43. The summed E-state index contributed by atoms with van der Waals surface area (Å²) in [7, 11) is 3.09. The lowest BCUT2D eigenvalue weighted by molar-refractivity contribution is 0.309. The average Bonchev–Trinajstić information content (AvgIpc) is 2.20. The highest BCUT2D eigenvalue weighted by atomic mass is 31.0. The van der Waals surface area contributed by atoms with Crippen molar-refractivity contribution >= 4 is 9.24 Å². The van der Waals surface area contributed by atoms with Crippen LogP contribution in [0.25, 0.3) is 0 Å². The van der Waals surface area contributed by atoms with E-state index in [2.05, 4.69) is 33.5 Å². The first kappa shape index (κ1) is 9.46. The van der Waals surface area contributed by atoms with Gasteiger partial charge in [-0.15, -0.1) is 9.24 Å². The Hall–Kier alpha value is -0.0900. The summed E-state index contributed by atoms with van der Waals surface area (Å²) in [5, 5.41) is 0.398. The highest BCUT2D eigenvalue weighted by Gasteiger charge is 2.32.